The Morgan fingerprint density at radius 3 is 1.84 bits per heavy atom. The van der Waals surface area contributed by atoms with Crippen LogP contribution in [0.4, 0.5) is 0 Å². The van der Waals surface area contributed by atoms with Gasteiger partial charge in [-0.25, -0.2) is 0 Å². The van der Waals surface area contributed by atoms with Crippen molar-refractivity contribution in [1.82, 2.24) is 0 Å². The van der Waals surface area contributed by atoms with Gasteiger partial charge in [0.15, 0.2) is 6.29 Å². The van der Waals surface area contributed by atoms with Gasteiger partial charge in [-0.3, -0.25) is 4.79 Å². The largest absolute Gasteiger partial charge is 0.297 e. The molecule has 1 nitrogen and oxygen atoms in total. The summed E-state index contributed by atoms with van der Waals surface area (Å²) >= 11 is 14.8. The van der Waals surface area contributed by atoms with Gasteiger partial charge in [-0.15, -0.1) is 45.3 Å². The van der Waals surface area contributed by atoms with Gasteiger partial charge in [-0.05, 0) is 111 Å². The van der Waals surface area contributed by atoms with Crippen molar-refractivity contribution < 1.29 is 4.79 Å². The molecule has 0 aliphatic carbocycles. The van der Waals surface area contributed by atoms with E-state index in [2.05, 4.69) is 76.1 Å². The molecule has 0 saturated carbocycles. The third kappa shape index (κ3) is 8.11. The van der Waals surface area contributed by atoms with E-state index in [0.717, 1.165) is 28.9 Å². The van der Waals surface area contributed by atoms with Gasteiger partial charge >= 0.3 is 0 Å². The summed E-state index contributed by atoms with van der Waals surface area (Å²) in [7, 11) is 0. The number of unbranched alkanes of at least 4 members (excludes halogenated alkanes) is 6. The summed E-state index contributed by atoms with van der Waals surface area (Å²) in [4.78, 5) is 18.3. The summed E-state index contributed by atoms with van der Waals surface area (Å²) in [5.41, 5.74) is 4.10. The zero-order valence-electron chi connectivity index (χ0n) is 22.0. The first-order chi connectivity index (χ1) is 18.5. The molecule has 4 heterocycles. The highest BCUT2D eigenvalue weighted by Gasteiger charge is 2.17. The van der Waals surface area contributed by atoms with E-state index in [4.69, 9.17) is 0 Å². The lowest BCUT2D eigenvalue weighted by molar-refractivity contribution is 0.112. The molecule has 0 aliphatic rings. The Kier molecular flexibility index (Phi) is 12.1. The Bertz CT molecular complexity index is 1350. The van der Waals surface area contributed by atoms with Gasteiger partial charge in [-0.2, -0.15) is 0 Å². The fourth-order valence-corrected chi connectivity index (χ4v) is 10.0. The van der Waals surface area contributed by atoms with E-state index in [9.17, 15) is 4.79 Å². The van der Waals surface area contributed by atoms with Crippen LogP contribution in [-0.4, -0.2) is 6.29 Å². The molecule has 0 bridgehead atoms. The van der Waals surface area contributed by atoms with Crippen molar-refractivity contribution in [2.45, 2.75) is 78.1 Å². The maximum Gasteiger partial charge on any atom is 0.160 e. The van der Waals surface area contributed by atoms with Crippen molar-refractivity contribution in [3.63, 3.8) is 0 Å². The van der Waals surface area contributed by atoms with Crippen LogP contribution in [0.3, 0.4) is 0 Å². The molecular weight excluding hydrogens is 676 g/mol. The van der Waals surface area contributed by atoms with Crippen LogP contribution in [0.1, 0.15) is 96.5 Å². The molecular formula is C31H34Br2OS4. The van der Waals surface area contributed by atoms with E-state index >= 15 is 0 Å². The first-order valence-electron chi connectivity index (χ1n) is 13.5. The summed E-state index contributed by atoms with van der Waals surface area (Å²) in [6, 6.07) is 11.0. The minimum absolute atomic E-state index is 0.765. The third-order valence-corrected chi connectivity index (χ3v) is 13.0. The number of carbonyl (C=O) groups is 1. The van der Waals surface area contributed by atoms with Gasteiger partial charge in [0.25, 0.3) is 0 Å². The molecule has 0 saturated heterocycles. The zero-order chi connectivity index (χ0) is 26.9. The van der Waals surface area contributed by atoms with Crippen LogP contribution < -0.4 is 0 Å². The minimum Gasteiger partial charge on any atom is -0.297 e. The third-order valence-electron chi connectivity index (χ3n) is 6.53. The smallest absolute Gasteiger partial charge is 0.160 e. The van der Waals surface area contributed by atoms with E-state index in [1.165, 1.54) is 106 Å². The molecule has 7 heteroatoms. The molecule has 0 fully saturated rings. The number of aldehydes is 1. The first kappa shape index (κ1) is 30.1. The number of thiophene rings is 4. The molecule has 38 heavy (non-hydrogen) atoms. The minimum atomic E-state index is 0.765. The fraction of sp³-hybridized carbons (Fsp3) is 0.387. The maximum absolute atomic E-state index is 11.1. The standard InChI is InChI=1S/C31H34Br2OS4/c1-3-5-7-9-11-22-18-27(37-30(22)32)26-17-21(13-14-24-15-16-25(20-34)35-24)29(36-26)28-19-23(31(33)38-28)12-10-8-6-4-2/h13-20H,3-12H2,1-2H3/b14-13+. The zero-order valence-corrected chi connectivity index (χ0v) is 28.4. The van der Waals surface area contributed by atoms with Crippen LogP contribution in [-0.2, 0) is 12.8 Å². The normalized spacial score (nSPS) is 11.7. The molecule has 0 radical (unpaired) electrons. The number of aryl methyl sites for hydroxylation is 2. The molecule has 4 rings (SSSR count). The Hall–Kier alpha value is -0.830. The van der Waals surface area contributed by atoms with Crippen LogP contribution in [0.5, 0.6) is 0 Å². The average Bonchev–Trinajstić information content (AvgIpc) is 3.70. The van der Waals surface area contributed by atoms with E-state index in [1.807, 2.05) is 46.1 Å². The van der Waals surface area contributed by atoms with Crippen molar-refractivity contribution >= 4 is 95.6 Å². The SMILES string of the molecule is CCCCCCc1cc(-c2cc(/C=C/c3ccc(C=O)s3)c(-c3cc(CCCCCC)c(Br)s3)s2)sc1Br. The highest BCUT2D eigenvalue weighted by molar-refractivity contribution is 9.11. The van der Waals surface area contributed by atoms with Crippen LogP contribution >= 0.6 is 77.2 Å². The molecule has 0 unspecified atom stereocenters. The molecule has 202 valence electrons. The number of hydrogen-bond acceptors (Lipinski definition) is 5. The van der Waals surface area contributed by atoms with Crippen molar-refractivity contribution in [2.24, 2.45) is 0 Å². The Morgan fingerprint density at radius 2 is 1.24 bits per heavy atom. The Balaban J connectivity index is 1.64. The quantitative estimate of drug-likeness (QED) is 0.0887. The highest BCUT2D eigenvalue weighted by Crippen LogP contribution is 2.47. The number of hydrogen-bond donors (Lipinski definition) is 0. The second kappa shape index (κ2) is 15.2. The first-order valence-corrected chi connectivity index (χ1v) is 18.3. The highest BCUT2D eigenvalue weighted by atomic mass is 79.9. The summed E-state index contributed by atoms with van der Waals surface area (Å²) in [5.74, 6) is 0. The maximum atomic E-state index is 11.1. The van der Waals surface area contributed by atoms with Crippen LogP contribution in [0.15, 0.2) is 37.9 Å². The van der Waals surface area contributed by atoms with Crippen LogP contribution in [0.25, 0.3) is 31.7 Å². The molecule has 0 amide bonds. The molecule has 0 N–H and O–H groups in total. The van der Waals surface area contributed by atoms with Gasteiger partial charge in [0.2, 0.25) is 0 Å². The topological polar surface area (TPSA) is 17.1 Å². The van der Waals surface area contributed by atoms with E-state index in [-0.39, 0.29) is 0 Å². The van der Waals surface area contributed by atoms with Gasteiger partial charge in [-0.1, -0.05) is 58.4 Å². The number of halogens is 2. The van der Waals surface area contributed by atoms with Crippen LogP contribution in [0, 0.1) is 0 Å². The molecule has 4 aromatic heterocycles. The molecule has 4 aromatic rings. The van der Waals surface area contributed by atoms with Gasteiger partial charge in [0.1, 0.15) is 0 Å². The summed E-state index contributed by atoms with van der Waals surface area (Å²) < 4.78 is 2.53. The number of carbonyl (C=O) groups excluding carboxylic acids is 1. The van der Waals surface area contributed by atoms with Crippen molar-refractivity contribution in [1.29, 1.82) is 0 Å². The van der Waals surface area contributed by atoms with Gasteiger partial charge in [0, 0.05) is 19.5 Å². The Labute approximate surface area is 260 Å². The molecule has 0 aliphatic heterocycles. The lowest BCUT2D eigenvalue weighted by Crippen LogP contribution is -1.83. The van der Waals surface area contributed by atoms with E-state index < -0.39 is 0 Å². The predicted molar refractivity (Wildman–Crippen MR) is 181 cm³/mol. The Morgan fingerprint density at radius 1 is 0.658 bits per heavy atom. The molecule has 0 aromatic carbocycles. The van der Waals surface area contributed by atoms with Gasteiger partial charge < -0.3 is 0 Å². The second-order valence-corrected chi connectivity index (χ2v) is 16.5. The summed E-state index contributed by atoms with van der Waals surface area (Å²) in [6.45, 7) is 4.53. The molecule has 0 spiro atoms. The van der Waals surface area contributed by atoms with Crippen molar-refractivity contribution in [3.8, 4) is 19.5 Å². The average molecular weight is 711 g/mol. The van der Waals surface area contributed by atoms with Crippen molar-refractivity contribution in [3.05, 3.63) is 64.3 Å². The van der Waals surface area contributed by atoms with Crippen LogP contribution in [0.2, 0.25) is 0 Å². The monoisotopic (exact) mass is 708 g/mol. The predicted octanol–water partition coefficient (Wildman–Crippen LogP) is 13.0. The van der Waals surface area contributed by atoms with Crippen molar-refractivity contribution in [2.75, 3.05) is 0 Å². The van der Waals surface area contributed by atoms with E-state index in [0.29, 0.717) is 0 Å². The lowest BCUT2D eigenvalue weighted by Gasteiger charge is -1.98. The second-order valence-electron chi connectivity index (χ2n) is 9.53. The van der Waals surface area contributed by atoms with Gasteiger partial charge in [0.05, 0.1) is 17.3 Å². The fourth-order valence-electron chi connectivity index (χ4n) is 4.41. The lowest BCUT2D eigenvalue weighted by atomic mass is 10.1. The van der Waals surface area contributed by atoms with E-state index in [1.54, 1.807) is 0 Å². The summed E-state index contributed by atoms with van der Waals surface area (Å²) in [5, 5.41) is 0. The number of rotatable bonds is 15. The molecule has 0 atom stereocenters. The summed E-state index contributed by atoms with van der Waals surface area (Å²) in [6.07, 6.45) is 17.8.